The summed E-state index contributed by atoms with van der Waals surface area (Å²) in [5.41, 5.74) is 6.73. The maximum atomic E-state index is 6.14. The van der Waals surface area contributed by atoms with Gasteiger partial charge in [0.25, 0.3) is 0 Å². The van der Waals surface area contributed by atoms with Gasteiger partial charge in [-0.3, -0.25) is 0 Å². The molecule has 0 spiro atoms. The largest absolute Gasteiger partial charge is 0.367 e. The summed E-state index contributed by atoms with van der Waals surface area (Å²) in [7, 11) is 0. The molecular formula is C12H16ClN5. The lowest BCUT2D eigenvalue weighted by Gasteiger charge is -2.50. The van der Waals surface area contributed by atoms with Crippen LogP contribution in [0.3, 0.4) is 0 Å². The molecule has 0 atom stereocenters. The molecule has 2 heterocycles. The first-order valence-electron chi connectivity index (χ1n) is 5.98. The lowest BCUT2D eigenvalue weighted by molar-refractivity contribution is 0.0635. The summed E-state index contributed by atoms with van der Waals surface area (Å²) in [5, 5.41) is 4.67. The highest BCUT2D eigenvalue weighted by molar-refractivity contribution is 6.32. The van der Waals surface area contributed by atoms with E-state index >= 15 is 0 Å². The summed E-state index contributed by atoms with van der Waals surface area (Å²) >= 11 is 6.14. The number of rotatable bonds is 1. The van der Waals surface area contributed by atoms with Gasteiger partial charge in [0.1, 0.15) is 11.3 Å². The first-order chi connectivity index (χ1) is 8.31. The fourth-order valence-corrected chi connectivity index (χ4v) is 3.68. The van der Waals surface area contributed by atoms with Crippen molar-refractivity contribution in [3.05, 3.63) is 17.2 Å². The van der Waals surface area contributed by atoms with Gasteiger partial charge in [0.15, 0.2) is 5.15 Å². The molecule has 1 aliphatic carbocycles. The molecule has 0 unspecified atom stereocenters. The zero-order valence-electron chi connectivity index (χ0n) is 10.7. The average molecular weight is 266 g/mol. The molecule has 96 valence electrons. The van der Waals surface area contributed by atoms with Gasteiger partial charge < -0.3 is 5.73 Å². The predicted octanol–water partition coefficient (Wildman–Crippen LogP) is 2.44. The number of hydrogen-bond donors (Lipinski definition) is 1. The van der Waals surface area contributed by atoms with Crippen LogP contribution in [-0.2, 0) is 5.41 Å². The van der Waals surface area contributed by atoms with E-state index in [9.17, 15) is 0 Å². The number of nitrogen functional groups attached to an aromatic ring is 1. The number of nitrogens with two attached hydrogens (primary N) is 1. The molecule has 1 saturated carbocycles. The van der Waals surface area contributed by atoms with E-state index in [4.69, 9.17) is 17.3 Å². The summed E-state index contributed by atoms with van der Waals surface area (Å²) in [6.07, 6.45) is 3.76. The molecule has 0 bridgehead atoms. The van der Waals surface area contributed by atoms with Gasteiger partial charge in [0.05, 0.1) is 6.20 Å². The van der Waals surface area contributed by atoms with Crippen LogP contribution in [0.5, 0.6) is 0 Å². The average Bonchev–Trinajstić information content (AvgIpc) is 2.53. The molecule has 0 aliphatic heterocycles. The third-order valence-electron chi connectivity index (χ3n) is 3.64. The molecule has 3 rings (SSSR count). The topological polar surface area (TPSA) is 69.1 Å². The van der Waals surface area contributed by atoms with E-state index in [1.165, 1.54) is 0 Å². The lowest BCUT2D eigenvalue weighted by Crippen LogP contribution is -2.45. The van der Waals surface area contributed by atoms with Crippen molar-refractivity contribution in [2.45, 2.75) is 39.0 Å². The zero-order valence-corrected chi connectivity index (χ0v) is 11.5. The molecule has 1 aliphatic rings. The molecule has 0 radical (unpaired) electrons. The maximum Gasteiger partial charge on any atom is 0.238 e. The minimum atomic E-state index is 0.0142. The predicted molar refractivity (Wildman–Crippen MR) is 70.6 cm³/mol. The van der Waals surface area contributed by atoms with Crippen LogP contribution >= 0.6 is 11.6 Å². The number of aromatic nitrogens is 4. The van der Waals surface area contributed by atoms with E-state index in [0.29, 0.717) is 16.1 Å². The second kappa shape index (κ2) is 3.35. The standard InChI is InChI=1S/C12H16ClN5/c1-11(2)5-12(3,6-11)9-16-8(13)7-4-15-10(14)17-18(7)9/h4H,5-6H2,1-3H3,(H2,14,17). The monoisotopic (exact) mass is 265 g/mol. The third-order valence-corrected chi connectivity index (χ3v) is 3.92. The van der Waals surface area contributed by atoms with Gasteiger partial charge >= 0.3 is 0 Å². The maximum absolute atomic E-state index is 6.14. The van der Waals surface area contributed by atoms with E-state index in [0.717, 1.165) is 18.7 Å². The van der Waals surface area contributed by atoms with Crippen LogP contribution in [0.2, 0.25) is 5.15 Å². The molecule has 2 aromatic heterocycles. The van der Waals surface area contributed by atoms with Crippen LogP contribution in [0.15, 0.2) is 6.20 Å². The van der Waals surface area contributed by atoms with Gasteiger partial charge in [-0.05, 0) is 18.3 Å². The quantitative estimate of drug-likeness (QED) is 0.860. The Hall–Kier alpha value is -1.36. The fourth-order valence-electron chi connectivity index (χ4n) is 3.47. The second-order valence-electron chi connectivity index (χ2n) is 6.22. The summed E-state index contributed by atoms with van der Waals surface area (Å²) in [5.74, 6) is 1.12. The normalized spacial score (nSPS) is 20.9. The summed E-state index contributed by atoms with van der Waals surface area (Å²) in [4.78, 5) is 8.42. The lowest BCUT2D eigenvalue weighted by atomic mass is 9.55. The minimum absolute atomic E-state index is 0.0142. The second-order valence-corrected chi connectivity index (χ2v) is 6.58. The van der Waals surface area contributed by atoms with Crippen molar-refractivity contribution in [1.82, 2.24) is 19.6 Å². The van der Waals surface area contributed by atoms with Crippen LogP contribution in [0.25, 0.3) is 5.52 Å². The fraction of sp³-hybridized carbons (Fsp3) is 0.583. The molecule has 1 fully saturated rings. The molecular weight excluding hydrogens is 250 g/mol. The Morgan fingerprint density at radius 3 is 2.61 bits per heavy atom. The van der Waals surface area contributed by atoms with Crippen LogP contribution in [0.1, 0.15) is 39.4 Å². The van der Waals surface area contributed by atoms with Gasteiger partial charge in [-0.15, -0.1) is 5.10 Å². The van der Waals surface area contributed by atoms with E-state index in [2.05, 4.69) is 35.8 Å². The molecule has 0 aromatic carbocycles. The van der Waals surface area contributed by atoms with Crippen molar-refractivity contribution in [2.75, 3.05) is 5.73 Å². The van der Waals surface area contributed by atoms with Crippen molar-refractivity contribution in [2.24, 2.45) is 5.41 Å². The van der Waals surface area contributed by atoms with Gasteiger partial charge in [-0.1, -0.05) is 32.4 Å². The summed E-state index contributed by atoms with van der Waals surface area (Å²) < 4.78 is 1.74. The Morgan fingerprint density at radius 2 is 2.00 bits per heavy atom. The van der Waals surface area contributed by atoms with Crippen molar-refractivity contribution in [3.63, 3.8) is 0 Å². The molecule has 2 aromatic rings. The smallest absolute Gasteiger partial charge is 0.238 e. The van der Waals surface area contributed by atoms with Crippen molar-refractivity contribution >= 4 is 23.1 Å². The highest BCUT2D eigenvalue weighted by atomic mass is 35.5. The Bertz CT molecular complexity index is 623. The highest BCUT2D eigenvalue weighted by Gasteiger charge is 2.49. The Balaban J connectivity index is 2.16. The minimum Gasteiger partial charge on any atom is -0.367 e. The van der Waals surface area contributed by atoms with Gasteiger partial charge in [0, 0.05) is 5.41 Å². The van der Waals surface area contributed by atoms with E-state index in [-0.39, 0.29) is 11.4 Å². The highest BCUT2D eigenvalue weighted by Crippen LogP contribution is 2.54. The number of nitrogens with zero attached hydrogens (tertiary/aromatic N) is 4. The molecule has 0 saturated heterocycles. The van der Waals surface area contributed by atoms with Gasteiger partial charge in [0.2, 0.25) is 5.95 Å². The molecule has 0 amide bonds. The summed E-state index contributed by atoms with van der Waals surface area (Å²) in [6, 6.07) is 0. The number of imidazole rings is 1. The Labute approximate surface area is 110 Å². The van der Waals surface area contributed by atoms with Crippen LogP contribution in [0.4, 0.5) is 5.95 Å². The first-order valence-corrected chi connectivity index (χ1v) is 6.36. The number of fused-ring (bicyclic) bond motifs is 1. The van der Waals surface area contributed by atoms with E-state index < -0.39 is 0 Å². The molecule has 6 heteroatoms. The van der Waals surface area contributed by atoms with Gasteiger partial charge in [-0.2, -0.15) is 0 Å². The first kappa shape index (κ1) is 11.7. The zero-order chi connectivity index (χ0) is 13.1. The van der Waals surface area contributed by atoms with Crippen LogP contribution < -0.4 is 5.73 Å². The molecule has 18 heavy (non-hydrogen) atoms. The van der Waals surface area contributed by atoms with Crippen molar-refractivity contribution in [3.8, 4) is 0 Å². The van der Waals surface area contributed by atoms with E-state index in [1.807, 2.05) is 0 Å². The third kappa shape index (κ3) is 1.57. The number of anilines is 1. The van der Waals surface area contributed by atoms with Crippen LogP contribution in [-0.4, -0.2) is 19.6 Å². The molecule has 2 N–H and O–H groups in total. The number of halogens is 1. The van der Waals surface area contributed by atoms with Crippen molar-refractivity contribution < 1.29 is 0 Å². The SMILES string of the molecule is CC1(C)CC(C)(c2nc(Cl)c3cnc(N)nn23)C1. The number of hydrogen-bond acceptors (Lipinski definition) is 4. The molecule has 5 nitrogen and oxygen atoms in total. The van der Waals surface area contributed by atoms with Gasteiger partial charge in [-0.25, -0.2) is 14.5 Å². The summed E-state index contributed by atoms with van der Waals surface area (Å²) in [6.45, 7) is 6.71. The van der Waals surface area contributed by atoms with Crippen molar-refractivity contribution in [1.29, 1.82) is 0 Å². The Morgan fingerprint density at radius 1 is 1.33 bits per heavy atom. The van der Waals surface area contributed by atoms with E-state index in [1.54, 1.807) is 10.7 Å². The van der Waals surface area contributed by atoms with Crippen LogP contribution in [0, 0.1) is 5.41 Å². The Kier molecular flexibility index (Phi) is 2.18.